The number of anilines is 2. The van der Waals surface area contributed by atoms with Crippen LogP contribution in [-0.2, 0) is 14.9 Å². The Hall–Kier alpha value is -2.67. The molecule has 0 bridgehead atoms. The van der Waals surface area contributed by atoms with E-state index in [1.165, 1.54) is 24.4 Å². The lowest BCUT2D eigenvalue weighted by atomic mass is 10.2. The van der Waals surface area contributed by atoms with Gasteiger partial charge in [0.15, 0.2) is 0 Å². The van der Waals surface area contributed by atoms with Crippen LogP contribution >= 0.6 is 15.9 Å². The van der Waals surface area contributed by atoms with Gasteiger partial charge in [0.05, 0.1) is 4.90 Å². The molecule has 2 aromatic rings. The molecule has 0 aliphatic heterocycles. The summed E-state index contributed by atoms with van der Waals surface area (Å²) in [5.41, 5.74) is 1.60. The molecule has 3 N–H and O–H groups in total. The molecule has 0 fully saturated rings. The maximum atomic E-state index is 12.2. The summed E-state index contributed by atoms with van der Waals surface area (Å²) in [6.07, 6.45) is 1.25. The average Bonchev–Trinajstić information content (AvgIpc) is 2.58. The number of amides is 1. The Balaban J connectivity index is 2.16. The predicted molar refractivity (Wildman–Crippen MR) is 101 cm³/mol. The highest BCUT2D eigenvalue weighted by Crippen LogP contribution is 2.20. The Bertz CT molecular complexity index is 1030. The SMILES string of the molecule is Cc1cc(N/C=C(/C#N)C(=O)Nc2cccc(S(=O)(=O)O)c2)ccc1Br. The molecule has 134 valence electrons. The molecule has 26 heavy (non-hydrogen) atoms. The summed E-state index contributed by atoms with van der Waals surface area (Å²) < 4.78 is 32.2. The average molecular weight is 436 g/mol. The van der Waals surface area contributed by atoms with Crippen LogP contribution < -0.4 is 10.6 Å². The summed E-state index contributed by atoms with van der Waals surface area (Å²) in [4.78, 5) is 11.8. The van der Waals surface area contributed by atoms with Crippen molar-refractivity contribution in [2.75, 3.05) is 10.6 Å². The number of benzene rings is 2. The summed E-state index contributed by atoms with van der Waals surface area (Å²) in [6.45, 7) is 1.90. The normalized spacial score (nSPS) is 11.5. The molecule has 2 aromatic carbocycles. The number of carbonyl (C=O) groups is 1. The van der Waals surface area contributed by atoms with Gasteiger partial charge in [-0.2, -0.15) is 13.7 Å². The van der Waals surface area contributed by atoms with E-state index >= 15 is 0 Å². The van der Waals surface area contributed by atoms with Crippen molar-refractivity contribution in [3.63, 3.8) is 0 Å². The van der Waals surface area contributed by atoms with Crippen LogP contribution in [0, 0.1) is 18.3 Å². The monoisotopic (exact) mass is 435 g/mol. The third kappa shape index (κ3) is 5.16. The molecule has 0 aliphatic rings. The number of rotatable bonds is 5. The van der Waals surface area contributed by atoms with Crippen LogP contribution in [0.5, 0.6) is 0 Å². The van der Waals surface area contributed by atoms with Crippen LogP contribution in [-0.4, -0.2) is 18.9 Å². The third-order valence-corrected chi connectivity index (χ3v) is 5.04. The number of nitriles is 1. The van der Waals surface area contributed by atoms with Crippen molar-refractivity contribution >= 4 is 43.3 Å². The lowest BCUT2D eigenvalue weighted by Gasteiger charge is -2.07. The quantitative estimate of drug-likeness (QED) is 0.375. The molecule has 0 heterocycles. The number of nitrogens with one attached hydrogen (secondary N) is 2. The Kier molecular flexibility index (Phi) is 6.15. The highest BCUT2D eigenvalue weighted by molar-refractivity contribution is 9.10. The van der Waals surface area contributed by atoms with E-state index in [0.717, 1.165) is 16.1 Å². The van der Waals surface area contributed by atoms with Crippen molar-refractivity contribution in [2.45, 2.75) is 11.8 Å². The highest BCUT2D eigenvalue weighted by Gasteiger charge is 2.13. The van der Waals surface area contributed by atoms with Crippen molar-refractivity contribution in [3.05, 3.63) is 64.3 Å². The molecule has 9 heteroatoms. The van der Waals surface area contributed by atoms with Gasteiger partial charge in [0, 0.05) is 22.0 Å². The largest absolute Gasteiger partial charge is 0.360 e. The third-order valence-electron chi connectivity index (χ3n) is 3.30. The Morgan fingerprint density at radius 2 is 1.96 bits per heavy atom. The smallest absolute Gasteiger partial charge is 0.294 e. The van der Waals surface area contributed by atoms with E-state index in [0.29, 0.717) is 5.69 Å². The van der Waals surface area contributed by atoms with Crippen LogP contribution in [0.15, 0.2) is 63.6 Å². The fourth-order valence-corrected chi connectivity index (χ4v) is 2.74. The van der Waals surface area contributed by atoms with Crippen LogP contribution in [0.3, 0.4) is 0 Å². The van der Waals surface area contributed by atoms with E-state index in [1.807, 2.05) is 19.1 Å². The minimum Gasteiger partial charge on any atom is -0.360 e. The number of hydrogen-bond acceptors (Lipinski definition) is 5. The number of halogens is 1. The lowest BCUT2D eigenvalue weighted by molar-refractivity contribution is -0.112. The van der Waals surface area contributed by atoms with Crippen molar-refractivity contribution in [1.29, 1.82) is 5.26 Å². The second-order valence-electron chi connectivity index (χ2n) is 5.24. The maximum absolute atomic E-state index is 12.2. The van der Waals surface area contributed by atoms with E-state index in [-0.39, 0.29) is 16.2 Å². The maximum Gasteiger partial charge on any atom is 0.294 e. The predicted octanol–water partition coefficient (Wildman–Crippen LogP) is 3.46. The Labute approximate surface area is 159 Å². The van der Waals surface area contributed by atoms with Crippen molar-refractivity contribution in [2.24, 2.45) is 0 Å². The van der Waals surface area contributed by atoms with Crippen LogP contribution in [0.4, 0.5) is 11.4 Å². The molecule has 1 amide bonds. The summed E-state index contributed by atoms with van der Waals surface area (Å²) in [7, 11) is -4.39. The zero-order valence-electron chi connectivity index (χ0n) is 13.5. The van der Waals surface area contributed by atoms with Gasteiger partial charge in [-0.25, -0.2) is 0 Å². The summed E-state index contributed by atoms with van der Waals surface area (Å²) in [6, 6.07) is 12.3. The van der Waals surface area contributed by atoms with E-state index < -0.39 is 16.0 Å². The van der Waals surface area contributed by atoms with Gasteiger partial charge in [-0.3, -0.25) is 9.35 Å². The Morgan fingerprint density at radius 3 is 2.58 bits per heavy atom. The van der Waals surface area contributed by atoms with E-state index in [1.54, 1.807) is 12.1 Å². The van der Waals surface area contributed by atoms with Gasteiger partial charge in [0.1, 0.15) is 11.6 Å². The topological polar surface area (TPSA) is 119 Å². The van der Waals surface area contributed by atoms with Gasteiger partial charge in [-0.05, 0) is 48.9 Å². The van der Waals surface area contributed by atoms with Gasteiger partial charge in [0.25, 0.3) is 16.0 Å². The van der Waals surface area contributed by atoms with Crippen molar-refractivity contribution in [1.82, 2.24) is 0 Å². The van der Waals surface area contributed by atoms with Gasteiger partial charge in [-0.15, -0.1) is 0 Å². The van der Waals surface area contributed by atoms with Gasteiger partial charge in [0.2, 0.25) is 0 Å². The molecule has 0 unspecified atom stereocenters. The molecule has 0 aliphatic carbocycles. The fraction of sp³-hybridized carbons (Fsp3) is 0.0588. The highest BCUT2D eigenvalue weighted by atomic mass is 79.9. The van der Waals surface area contributed by atoms with Gasteiger partial charge >= 0.3 is 0 Å². The van der Waals surface area contributed by atoms with Crippen LogP contribution in [0.1, 0.15) is 5.56 Å². The minimum absolute atomic E-state index is 0.130. The molecule has 0 saturated carbocycles. The first-order valence-electron chi connectivity index (χ1n) is 7.22. The fourth-order valence-electron chi connectivity index (χ4n) is 1.97. The summed E-state index contributed by atoms with van der Waals surface area (Å²) in [5.74, 6) is -0.721. The second-order valence-corrected chi connectivity index (χ2v) is 7.51. The number of aryl methyl sites for hydroxylation is 1. The molecule has 0 aromatic heterocycles. The zero-order chi connectivity index (χ0) is 19.3. The molecular weight excluding hydrogens is 422 g/mol. The second kappa shape index (κ2) is 8.14. The molecular formula is C17H14BrN3O4S. The Morgan fingerprint density at radius 1 is 1.23 bits per heavy atom. The van der Waals surface area contributed by atoms with Crippen molar-refractivity contribution in [3.8, 4) is 6.07 Å². The van der Waals surface area contributed by atoms with Gasteiger partial charge in [-0.1, -0.05) is 22.0 Å². The molecule has 0 saturated heterocycles. The first-order valence-corrected chi connectivity index (χ1v) is 9.46. The first-order chi connectivity index (χ1) is 12.2. The molecule has 0 radical (unpaired) electrons. The first kappa shape index (κ1) is 19.7. The lowest BCUT2D eigenvalue weighted by Crippen LogP contribution is -2.15. The summed E-state index contributed by atoms with van der Waals surface area (Å²) in [5, 5.41) is 14.4. The number of carbonyl (C=O) groups excluding carboxylic acids is 1. The zero-order valence-corrected chi connectivity index (χ0v) is 15.9. The van der Waals surface area contributed by atoms with Gasteiger partial charge < -0.3 is 10.6 Å². The standard InChI is InChI=1S/C17H14BrN3O4S/c1-11-7-13(5-6-16(11)18)20-10-12(9-19)17(22)21-14-3-2-4-15(8-14)26(23,24)25/h2-8,10,20H,1H3,(H,21,22)(H,23,24,25)/b12-10-. The number of hydrogen-bond donors (Lipinski definition) is 3. The molecule has 7 nitrogen and oxygen atoms in total. The molecule has 2 rings (SSSR count). The van der Waals surface area contributed by atoms with E-state index in [9.17, 15) is 18.5 Å². The minimum atomic E-state index is -4.39. The van der Waals surface area contributed by atoms with Crippen LogP contribution in [0.25, 0.3) is 0 Å². The van der Waals surface area contributed by atoms with E-state index in [2.05, 4.69) is 26.6 Å². The van der Waals surface area contributed by atoms with E-state index in [4.69, 9.17) is 4.55 Å². The van der Waals surface area contributed by atoms with Crippen LogP contribution in [0.2, 0.25) is 0 Å². The summed E-state index contributed by atoms with van der Waals surface area (Å²) >= 11 is 3.38. The number of nitrogens with zero attached hydrogens (tertiary/aromatic N) is 1. The van der Waals surface area contributed by atoms with Crippen molar-refractivity contribution < 1.29 is 17.8 Å². The molecule has 0 spiro atoms. The molecule has 0 atom stereocenters.